The minimum atomic E-state index is -3.90. The molecule has 0 radical (unpaired) electrons. The molecule has 186 valence electrons. The van der Waals surface area contributed by atoms with Crippen molar-refractivity contribution in [2.24, 2.45) is 0 Å². The summed E-state index contributed by atoms with van der Waals surface area (Å²) in [6, 6.07) is 8.53. The third-order valence-corrected chi connectivity index (χ3v) is 6.54. The number of nitrogens with one attached hydrogen (secondary N) is 1. The van der Waals surface area contributed by atoms with Crippen LogP contribution in [-0.4, -0.2) is 49.5 Å². The van der Waals surface area contributed by atoms with E-state index < -0.39 is 45.8 Å². The minimum absolute atomic E-state index is 0.0609. The molecule has 1 atom stereocenters. The third-order valence-electron chi connectivity index (χ3n) is 4.82. The van der Waals surface area contributed by atoms with Gasteiger partial charge in [0.05, 0.1) is 11.9 Å². The molecule has 11 heteroatoms. The molecule has 1 N–H and O–H groups in total. The molecule has 34 heavy (non-hydrogen) atoms. The maximum atomic E-state index is 13.4. The lowest BCUT2D eigenvalue weighted by Crippen LogP contribution is -2.54. The second kappa shape index (κ2) is 10.9. The molecule has 0 heterocycles. The number of anilines is 1. The van der Waals surface area contributed by atoms with Gasteiger partial charge in [-0.3, -0.25) is 13.9 Å². The molecule has 7 nitrogen and oxygen atoms in total. The third kappa shape index (κ3) is 7.85. The highest BCUT2D eigenvalue weighted by molar-refractivity contribution is 7.92. The molecule has 0 saturated carbocycles. The van der Waals surface area contributed by atoms with Crippen LogP contribution in [0.4, 0.5) is 10.1 Å². The molecular weight excluding hydrogens is 504 g/mol. The number of hydrogen-bond donors (Lipinski definition) is 1. The zero-order valence-electron chi connectivity index (χ0n) is 19.6. The van der Waals surface area contributed by atoms with Crippen molar-refractivity contribution in [2.45, 2.75) is 45.8 Å². The Morgan fingerprint density at radius 3 is 2.18 bits per heavy atom. The van der Waals surface area contributed by atoms with Gasteiger partial charge in [0, 0.05) is 22.1 Å². The van der Waals surface area contributed by atoms with E-state index in [-0.39, 0.29) is 12.2 Å². The standard InChI is InChI=1S/C23H28Cl2FN3O4S/c1-15(22(31)27-23(2,3)4)28(13-16-6-7-17(24)12-20(16)25)21(30)14-29(34(5,32)33)19-10-8-18(26)9-11-19/h6-12,15H,13-14H2,1-5H3,(H,27,31). The number of amides is 2. The summed E-state index contributed by atoms with van der Waals surface area (Å²) in [5.41, 5.74) is 0.0984. The van der Waals surface area contributed by atoms with Crippen LogP contribution in [-0.2, 0) is 26.2 Å². The first-order valence-electron chi connectivity index (χ1n) is 10.4. The molecule has 0 aliphatic carbocycles. The number of halogens is 3. The van der Waals surface area contributed by atoms with Crippen LogP contribution < -0.4 is 9.62 Å². The Hall–Kier alpha value is -2.36. The molecule has 0 aliphatic heterocycles. The second-order valence-electron chi connectivity index (χ2n) is 8.92. The van der Waals surface area contributed by atoms with Gasteiger partial charge in [0.2, 0.25) is 21.8 Å². The number of hydrogen-bond acceptors (Lipinski definition) is 4. The lowest BCUT2D eigenvalue weighted by Gasteiger charge is -2.33. The Labute approximate surface area is 209 Å². The van der Waals surface area contributed by atoms with Crippen LogP contribution in [0.2, 0.25) is 10.0 Å². The molecule has 1 unspecified atom stereocenters. The molecule has 0 fully saturated rings. The fraction of sp³-hybridized carbons (Fsp3) is 0.391. The first-order chi connectivity index (χ1) is 15.6. The number of nitrogens with zero attached hydrogens (tertiary/aromatic N) is 2. The first-order valence-corrected chi connectivity index (χ1v) is 13.0. The summed E-state index contributed by atoms with van der Waals surface area (Å²) in [6.07, 6.45) is 0.944. The Bertz CT molecular complexity index is 1150. The van der Waals surface area contributed by atoms with E-state index >= 15 is 0 Å². The van der Waals surface area contributed by atoms with E-state index in [9.17, 15) is 22.4 Å². The van der Waals surface area contributed by atoms with Crippen LogP contribution in [0.5, 0.6) is 0 Å². The smallest absolute Gasteiger partial charge is 0.244 e. The number of benzene rings is 2. The van der Waals surface area contributed by atoms with Crippen LogP contribution in [0.3, 0.4) is 0 Å². The summed E-state index contributed by atoms with van der Waals surface area (Å²) < 4.78 is 39.2. The number of carbonyl (C=O) groups is 2. The number of sulfonamides is 1. The Kier molecular flexibility index (Phi) is 8.96. The van der Waals surface area contributed by atoms with E-state index in [2.05, 4.69) is 5.32 Å². The average molecular weight is 532 g/mol. The molecule has 0 aromatic heterocycles. The van der Waals surface area contributed by atoms with Crippen LogP contribution in [0.1, 0.15) is 33.3 Å². The highest BCUT2D eigenvalue weighted by Crippen LogP contribution is 2.24. The van der Waals surface area contributed by atoms with Crippen LogP contribution >= 0.6 is 23.2 Å². The van der Waals surface area contributed by atoms with Gasteiger partial charge in [-0.15, -0.1) is 0 Å². The van der Waals surface area contributed by atoms with E-state index in [0.717, 1.165) is 22.7 Å². The van der Waals surface area contributed by atoms with Crippen molar-refractivity contribution in [3.63, 3.8) is 0 Å². The number of carbonyl (C=O) groups excluding carboxylic acids is 2. The normalized spacial score (nSPS) is 12.7. The predicted octanol–water partition coefficient (Wildman–Crippen LogP) is 4.23. The molecular formula is C23H28Cl2FN3O4S. The average Bonchev–Trinajstić information content (AvgIpc) is 2.69. The molecule has 2 rings (SSSR count). The van der Waals surface area contributed by atoms with E-state index in [0.29, 0.717) is 15.6 Å². The van der Waals surface area contributed by atoms with Gasteiger partial charge in [-0.25, -0.2) is 12.8 Å². The molecule has 0 spiro atoms. The zero-order valence-corrected chi connectivity index (χ0v) is 21.9. The van der Waals surface area contributed by atoms with Crippen molar-refractivity contribution >= 4 is 50.7 Å². The van der Waals surface area contributed by atoms with Crippen molar-refractivity contribution in [1.82, 2.24) is 10.2 Å². The molecule has 2 aromatic rings. The topological polar surface area (TPSA) is 86.8 Å². The lowest BCUT2D eigenvalue weighted by atomic mass is 10.1. The van der Waals surface area contributed by atoms with Crippen molar-refractivity contribution in [2.75, 3.05) is 17.1 Å². The second-order valence-corrected chi connectivity index (χ2v) is 11.7. The largest absolute Gasteiger partial charge is 0.350 e. The van der Waals surface area contributed by atoms with E-state index in [4.69, 9.17) is 23.2 Å². The van der Waals surface area contributed by atoms with Crippen molar-refractivity contribution in [1.29, 1.82) is 0 Å². The van der Waals surface area contributed by atoms with E-state index in [1.54, 1.807) is 39.8 Å². The number of rotatable bonds is 8. The van der Waals surface area contributed by atoms with Crippen LogP contribution in [0.15, 0.2) is 42.5 Å². The summed E-state index contributed by atoms with van der Waals surface area (Å²) in [5.74, 6) is -1.61. The van der Waals surface area contributed by atoms with Gasteiger partial charge in [0.1, 0.15) is 18.4 Å². The van der Waals surface area contributed by atoms with Gasteiger partial charge in [0.25, 0.3) is 0 Å². The van der Waals surface area contributed by atoms with E-state index in [1.165, 1.54) is 23.1 Å². The van der Waals surface area contributed by atoms with Gasteiger partial charge in [-0.2, -0.15) is 0 Å². The minimum Gasteiger partial charge on any atom is -0.350 e. The predicted molar refractivity (Wildman–Crippen MR) is 133 cm³/mol. The van der Waals surface area contributed by atoms with Gasteiger partial charge >= 0.3 is 0 Å². The summed E-state index contributed by atoms with van der Waals surface area (Å²) in [6.45, 7) is 6.31. The molecule has 0 aliphatic rings. The highest BCUT2D eigenvalue weighted by Gasteiger charge is 2.31. The Morgan fingerprint density at radius 1 is 1.09 bits per heavy atom. The van der Waals surface area contributed by atoms with Gasteiger partial charge in [-0.05, 0) is 69.7 Å². The fourth-order valence-corrected chi connectivity index (χ4v) is 4.43. The molecule has 0 saturated heterocycles. The van der Waals surface area contributed by atoms with Crippen molar-refractivity contribution in [3.8, 4) is 0 Å². The van der Waals surface area contributed by atoms with Crippen molar-refractivity contribution < 1.29 is 22.4 Å². The summed E-state index contributed by atoms with van der Waals surface area (Å²) in [7, 11) is -3.90. The molecule has 2 amide bonds. The van der Waals surface area contributed by atoms with Gasteiger partial charge < -0.3 is 10.2 Å². The Balaban J connectivity index is 2.43. The quantitative estimate of drug-likeness (QED) is 0.552. The SMILES string of the molecule is CC(C(=O)NC(C)(C)C)N(Cc1ccc(Cl)cc1Cl)C(=O)CN(c1ccc(F)cc1)S(C)(=O)=O. The Morgan fingerprint density at radius 2 is 1.68 bits per heavy atom. The van der Waals surface area contributed by atoms with Gasteiger partial charge in [0.15, 0.2) is 0 Å². The summed E-state index contributed by atoms with van der Waals surface area (Å²) >= 11 is 12.3. The first kappa shape index (κ1) is 27.9. The maximum Gasteiger partial charge on any atom is 0.244 e. The highest BCUT2D eigenvalue weighted by atomic mass is 35.5. The summed E-state index contributed by atoms with van der Waals surface area (Å²) in [4.78, 5) is 27.6. The van der Waals surface area contributed by atoms with Crippen LogP contribution in [0.25, 0.3) is 0 Å². The monoisotopic (exact) mass is 531 g/mol. The zero-order chi connectivity index (χ0) is 25.8. The lowest BCUT2D eigenvalue weighted by molar-refractivity contribution is -0.140. The van der Waals surface area contributed by atoms with Crippen LogP contribution in [0, 0.1) is 5.82 Å². The molecule has 0 bridgehead atoms. The maximum absolute atomic E-state index is 13.4. The van der Waals surface area contributed by atoms with Gasteiger partial charge in [-0.1, -0.05) is 29.3 Å². The van der Waals surface area contributed by atoms with Crippen molar-refractivity contribution in [3.05, 3.63) is 63.9 Å². The summed E-state index contributed by atoms with van der Waals surface area (Å²) in [5, 5.41) is 3.53. The van der Waals surface area contributed by atoms with E-state index in [1.807, 2.05) is 0 Å². The molecule has 2 aromatic carbocycles. The fourth-order valence-electron chi connectivity index (χ4n) is 3.11.